The first kappa shape index (κ1) is 44.6. The van der Waals surface area contributed by atoms with E-state index >= 15 is 0 Å². The summed E-state index contributed by atoms with van der Waals surface area (Å²) in [5, 5.41) is 24.1. The molecular weight excluding hydrogens is 708 g/mol. The van der Waals surface area contributed by atoms with Crippen molar-refractivity contribution in [1.82, 2.24) is 46.8 Å². The minimum atomic E-state index is -1.24. The number of carboxylic acids is 1. The molecule has 0 aliphatic carbocycles. The highest BCUT2D eigenvalue weighted by Gasteiger charge is 2.37. The fraction of sp³-hybridized carbons (Fsp3) is 0.647. The van der Waals surface area contributed by atoms with Crippen LogP contribution in [0.3, 0.4) is 0 Å². The minimum Gasteiger partial charge on any atom is -0.481 e. The lowest BCUT2D eigenvalue weighted by Gasteiger charge is -2.29. The molecule has 0 spiro atoms. The normalized spacial score (nSPS) is 17.2. The summed E-state index contributed by atoms with van der Waals surface area (Å²) in [5.41, 5.74) is 5.74. The van der Waals surface area contributed by atoms with Gasteiger partial charge in [0.1, 0.15) is 36.3 Å². The van der Waals surface area contributed by atoms with Gasteiger partial charge < -0.3 is 52.6 Å². The van der Waals surface area contributed by atoms with Gasteiger partial charge in [-0.15, -0.1) is 0 Å². The summed E-state index contributed by atoms with van der Waals surface area (Å²) in [6, 6.07) is -6.39. The van der Waals surface area contributed by atoms with Crippen molar-refractivity contribution in [3.63, 3.8) is 0 Å². The van der Waals surface area contributed by atoms with Crippen LogP contribution in [0, 0.1) is 11.8 Å². The van der Waals surface area contributed by atoms with E-state index in [1.165, 1.54) is 31.3 Å². The number of H-pyrrole nitrogens is 1. The maximum atomic E-state index is 13.4. The summed E-state index contributed by atoms with van der Waals surface area (Å²) in [6.45, 7) is 9.44. The molecule has 1 saturated heterocycles. The first-order valence-electron chi connectivity index (χ1n) is 17.9. The van der Waals surface area contributed by atoms with Crippen molar-refractivity contribution in [3.8, 4) is 0 Å². The molecule has 2 rings (SSSR count). The summed E-state index contributed by atoms with van der Waals surface area (Å²) in [4.78, 5) is 122. The summed E-state index contributed by atoms with van der Waals surface area (Å²) in [6.07, 6.45) is 3.32. The standard InChI is InChI=1S/C34H54N10O10/c1-7-18(4)28(34(54)39-19(5)29(35)49)43-32(52)23-9-8-12-44(23)25(46)15-37-30(50)20(6)40-31(51)22(13-21-14-36-16-38-21)41-33(53)27(17(2)3)42-24(45)10-11-26(47)48/h14,16-20,22-23,27-28H,7-13,15H2,1-6H3,(H2,35,49)(H,36,38)(H,37,50)(H,39,54)(H,40,51)(H,41,53)(H,42,45)(H,43,52)(H,47,48). The van der Waals surface area contributed by atoms with Gasteiger partial charge in [0, 0.05) is 31.3 Å². The Morgan fingerprint density at radius 3 is 2.09 bits per heavy atom. The number of likely N-dealkylation sites (tertiary alicyclic amines) is 1. The number of imidazole rings is 1. The number of aromatic amines is 1. The number of amides is 8. The number of carboxylic acid groups (broad SMARTS) is 1. The molecule has 7 unspecified atom stereocenters. The van der Waals surface area contributed by atoms with Crippen LogP contribution in [-0.4, -0.2) is 123 Å². The van der Waals surface area contributed by atoms with Crippen LogP contribution in [0.1, 0.15) is 79.3 Å². The highest BCUT2D eigenvalue weighted by Crippen LogP contribution is 2.19. The van der Waals surface area contributed by atoms with Gasteiger partial charge in [-0.05, 0) is 38.5 Å². The largest absolute Gasteiger partial charge is 0.481 e. The van der Waals surface area contributed by atoms with E-state index < -0.39 is 108 Å². The molecule has 1 aromatic rings. The number of carbonyl (C=O) groups is 9. The molecule has 7 atom stereocenters. The molecule has 1 fully saturated rings. The Hall–Kier alpha value is -5.56. The molecule has 20 nitrogen and oxygen atoms in total. The van der Waals surface area contributed by atoms with E-state index in [1.807, 2.05) is 6.92 Å². The van der Waals surface area contributed by atoms with Gasteiger partial charge in [0.25, 0.3) is 0 Å². The lowest BCUT2D eigenvalue weighted by atomic mass is 9.97. The molecule has 54 heavy (non-hydrogen) atoms. The highest BCUT2D eigenvalue weighted by atomic mass is 16.4. The van der Waals surface area contributed by atoms with Crippen LogP contribution in [-0.2, 0) is 49.6 Å². The molecule has 0 aromatic carbocycles. The third-order valence-electron chi connectivity index (χ3n) is 9.06. The van der Waals surface area contributed by atoms with Gasteiger partial charge in [-0.3, -0.25) is 43.2 Å². The van der Waals surface area contributed by atoms with Gasteiger partial charge in [-0.2, -0.15) is 0 Å². The Morgan fingerprint density at radius 2 is 1.52 bits per heavy atom. The SMILES string of the molecule is CCC(C)C(NC(=O)C1CCCN1C(=O)CNC(=O)C(C)NC(=O)C(Cc1cnc[nH]1)NC(=O)C(NC(=O)CCC(=O)O)C(C)C)C(=O)NC(C)C(N)=O. The molecule has 1 aliphatic rings. The van der Waals surface area contributed by atoms with E-state index in [2.05, 4.69) is 41.9 Å². The molecule has 0 bridgehead atoms. The molecule has 20 heteroatoms. The summed E-state index contributed by atoms with van der Waals surface area (Å²) in [7, 11) is 0. The Morgan fingerprint density at radius 1 is 0.870 bits per heavy atom. The van der Waals surface area contributed by atoms with Crippen LogP contribution >= 0.6 is 0 Å². The molecule has 2 heterocycles. The number of rotatable bonds is 21. The number of nitrogens with zero attached hydrogens (tertiary/aromatic N) is 2. The smallest absolute Gasteiger partial charge is 0.303 e. The van der Waals surface area contributed by atoms with E-state index in [9.17, 15) is 43.2 Å². The number of nitrogens with two attached hydrogens (primary N) is 1. The maximum Gasteiger partial charge on any atom is 0.303 e. The van der Waals surface area contributed by atoms with Crippen molar-refractivity contribution in [1.29, 1.82) is 0 Å². The van der Waals surface area contributed by atoms with Crippen molar-refractivity contribution in [2.75, 3.05) is 13.1 Å². The lowest BCUT2D eigenvalue weighted by molar-refractivity contribution is -0.140. The average Bonchev–Trinajstić information content (AvgIpc) is 3.82. The Kier molecular flexibility index (Phi) is 17.5. The first-order valence-corrected chi connectivity index (χ1v) is 17.9. The zero-order valence-corrected chi connectivity index (χ0v) is 31.5. The maximum absolute atomic E-state index is 13.4. The topological polar surface area (TPSA) is 304 Å². The van der Waals surface area contributed by atoms with Crippen molar-refractivity contribution in [2.45, 2.75) is 116 Å². The Balaban J connectivity index is 2.05. The number of aromatic nitrogens is 2. The molecule has 10 N–H and O–H groups in total. The predicted molar refractivity (Wildman–Crippen MR) is 191 cm³/mol. The quantitative estimate of drug-likeness (QED) is 0.0635. The summed E-state index contributed by atoms with van der Waals surface area (Å²) in [5.74, 6) is -7.24. The average molecular weight is 763 g/mol. The third kappa shape index (κ3) is 13.8. The number of hydrogen-bond acceptors (Lipinski definition) is 10. The molecular formula is C34H54N10O10. The number of aliphatic carboxylic acids is 1. The summed E-state index contributed by atoms with van der Waals surface area (Å²) >= 11 is 0. The fourth-order valence-electron chi connectivity index (χ4n) is 5.55. The van der Waals surface area contributed by atoms with Gasteiger partial charge in [0.05, 0.1) is 19.3 Å². The highest BCUT2D eigenvalue weighted by molar-refractivity contribution is 5.97. The molecule has 0 radical (unpaired) electrons. The van der Waals surface area contributed by atoms with Crippen LogP contribution in [0.15, 0.2) is 12.5 Å². The molecule has 8 amide bonds. The monoisotopic (exact) mass is 762 g/mol. The van der Waals surface area contributed by atoms with Crippen molar-refractivity contribution in [2.24, 2.45) is 17.6 Å². The van der Waals surface area contributed by atoms with Crippen molar-refractivity contribution >= 4 is 53.2 Å². The van der Waals surface area contributed by atoms with Gasteiger partial charge >= 0.3 is 5.97 Å². The van der Waals surface area contributed by atoms with Crippen LogP contribution in [0.2, 0.25) is 0 Å². The second kappa shape index (κ2) is 21.2. The van der Waals surface area contributed by atoms with Gasteiger partial charge in [0.2, 0.25) is 47.3 Å². The van der Waals surface area contributed by atoms with E-state index in [-0.39, 0.29) is 25.3 Å². The lowest BCUT2D eigenvalue weighted by Crippen LogP contribution is -2.58. The van der Waals surface area contributed by atoms with E-state index in [0.717, 1.165) is 0 Å². The van der Waals surface area contributed by atoms with Gasteiger partial charge in [0.15, 0.2) is 0 Å². The first-order chi connectivity index (χ1) is 25.4. The number of carbonyl (C=O) groups excluding carboxylic acids is 8. The minimum absolute atomic E-state index is 0.0652. The number of hydrogen-bond donors (Lipinski definition) is 9. The van der Waals surface area contributed by atoms with E-state index in [1.54, 1.807) is 20.8 Å². The van der Waals surface area contributed by atoms with Gasteiger partial charge in [-0.25, -0.2) is 4.98 Å². The number of primary amides is 1. The zero-order chi connectivity index (χ0) is 40.7. The second-order valence-electron chi connectivity index (χ2n) is 13.7. The van der Waals surface area contributed by atoms with Crippen LogP contribution in [0.5, 0.6) is 0 Å². The van der Waals surface area contributed by atoms with Crippen LogP contribution in [0.4, 0.5) is 0 Å². The molecule has 1 aliphatic heterocycles. The van der Waals surface area contributed by atoms with Crippen molar-refractivity contribution < 1.29 is 48.3 Å². The predicted octanol–water partition coefficient (Wildman–Crippen LogP) is -2.42. The van der Waals surface area contributed by atoms with E-state index in [4.69, 9.17) is 10.8 Å². The van der Waals surface area contributed by atoms with Crippen molar-refractivity contribution in [3.05, 3.63) is 18.2 Å². The Bertz CT molecular complexity index is 1520. The van der Waals surface area contributed by atoms with Gasteiger partial charge in [-0.1, -0.05) is 34.1 Å². The second-order valence-corrected chi connectivity index (χ2v) is 13.7. The van der Waals surface area contributed by atoms with Crippen LogP contribution in [0.25, 0.3) is 0 Å². The van der Waals surface area contributed by atoms with Crippen LogP contribution < -0.4 is 37.6 Å². The van der Waals surface area contributed by atoms with E-state index in [0.29, 0.717) is 25.0 Å². The fourth-order valence-corrected chi connectivity index (χ4v) is 5.55. The summed E-state index contributed by atoms with van der Waals surface area (Å²) < 4.78 is 0. The Labute approximate surface area is 313 Å². The molecule has 300 valence electrons. The number of nitrogens with one attached hydrogen (secondary N) is 7. The molecule has 0 saturated carbocycles. The zero-order valence-electron chi connectivity index (χ0n) is 31.5. The third-order valence-corrected chi connectivity index (χ3v) is 9.06. The molecule has 1 aromatic heterocycles.